The molecule has 1 aliphatic rings. The second kappa shape index (κ2) is 11.3. The molecule has 0 radical (unpaired) electrons. The molecule has 2 aromatic carbocycles. The smallest absolute Gasteiger partial charge is 0.307 e. The molecule has 2 aromatic heterocycles. The Hall–Kier alpha value is -4.14. The first-order chi connectivity index (χ1) is 18.1. The number of urea groups is 1. The highest BCUT2D eigenvalue weighted by molar-refractivity contribution is 6.06. The van der Waals surface area contributed by atoms with E-state index in [1.807, 2.05) is 61.5 Å². The highest BCUT2D eigenvalue weighted by Crippen LogP contribution is 2.28. The van der Waals surface area contributed by atoms with E-state index < -0.39 is 0 Å². The summed E-state index contributed by atoms with van der Waals surface area (Å²) in [5.74, 6) is 0.292. The normalized spacial score (nSPS) is 14.3. The minimum atomic E-state index is -0.329. The molecule has 4 aromatic rings. The van der Waals surface area contributed by atoms with Gasteiger partial charge in [-0.1, -0.05) is 30.3 Å². The van der Waals surface area contributed by atoms with Crippen LogP contribution in [-0.2, 0) is 6.54 Å². The number of benzene rings is 2. The fourth-order valence-electron chi connectivity index (χ4n) is 4.39. The summed E-state index contributed by atoms with van der Waals surface area (Å²) in [7, 11) is 2.16. The maximum absolute atomic E-state index is 13.7. The Kier molecular flexibility index (Phi) is 7.49. The largest absolute Gasteiger partial charge is 0.333 e. The number of anilines is 3. The minimum absolute atomic E-state index is 0.292. The predicted molar refractivity (Wildman–Crippen MR) is 147 cm³/mol. The number of aryl methyl sites for hydroxylation is 1. The van der Waals surface area contributed by atoms with Crippen molar-refractivity contribution >= 4 is 23.4 Å². The summed E-state index contributed by atoms with van der Waals surface area (Å²) in [6.45, 7) is 7.19. The number of likely N-dealkylation sites (N-methyl/N-ethyl adjacent to an activating group) is 1. The van der Waals surface area contributed by atoms with Crippen molar-refractivity contribution in [1.29, 1.82) is 0 Å². The summed E-state index contributed by atoms with van der Waals surface area (Å²) in [5.41, 5.74) is 5.15. The molecule has 8 heteroatoms. The van der Waals surface area contributed by atoms with Gasteiger partial charge < -0.3 is 10.2 Å². The minimum Gasteiger partial charge on any atom is -0.307 e. The molecule has 2 amide bonds. The van der Waals surface area contributed by atoms with Crippen molar-refractivity contribution < 1.29 is 4.79 Å². The van der Waals surface area contributed by atoms with Crippen LogP contribution < -0.4 is 10.2 Å². The van der Waals surface area contributed by atoms with Gasteiger partial charge in [0.25, 0.3) is 0 Å². The number of pyridine rings is 1. The van der Waals surface area contributed by atoms with Crippen LogP contribution >= 0.6 is 0 Å². The van der Waals surface area contributed by atoms with E-state index in [1.54, 1.807) is 18.6 Å². The lowest BCUT2D eigenvalue weighted by atomic mass is 10.1. The number of amides is 2. The molecule has 1 aliphatic heterocycles. The predicted octanol–water partition coefficient (Wildman–Crippen LogP) is 4.96. The first-order valence-electron chi connectivity index (χ1n) is 12.5. The number of hydrogen-bond donors (Lipinski definition) is 1. The van der Waals surface area contributed by atoms with E-state index in [9.17, 15) is 4.79 Å². The van der Waals surface area contributed by atoms with Crippen molar-refractivity contribution in [2.45, 2.75) is 13.5 Å². The third-order valence-corrected chi connectivity index (χ3v) is 6.57. The Morgan fingerprint density at radius 3 is 2.46 bits per heavy atom. The molecular weight excluding hydrogens is 462 g/mol. The van der Waals surface area contributed by atoms with Gasteiger partial charge in [-0.2, -0.15) is 0 Å². The highest BCUT2D eigenvalue weighted by atomic mass is 16.2. The number of hydrogen-bond acceptors (Lipinski definition) is 6. The van der Waals surface area contributed by atoms with Crippen LogP contribution in [0, 0.1) is 6.92 Å². The number of carbonyl (C=O) groups is 1. The standard InChI is InChI=1S/C29H31N7O/c1-22-6-3-4-8-27(22)36(28-31-15-13-26(33-28)24-7-5-14-30-20-24)29(37)32-25-11-9-23(10-12-25)21-35-18-16-34(2)17-19-35/h3-15,20H,16-19,21H2,1-2H3,(H,32,37). The van der Waals surface area contributed by atoms with E-state index in [1.165, 1.54) is 10.5 Å². The summed E-state index contributed by atoms with van der Waals surface area (Å²) in [6, 6.07) is 21.0. The van der Waals surface area contributed by atoms with E-state index in [0.717, 1.165) is 49.5 Å². The number of nitrogens with one attached hydrogen (secondary N) is 1. The molecule has 0 atom stereocenters. The third kappa shape index (κ3) is 5.99. The number of piperazine rings is 1. The molecule has 0 unspecified atom stereocenters. The number of nitrogens with zero attached hydrogens (tertiary/aromatic N) is 6. The SMILES string of the molecule is Cc1ccccc1N(C(=O)Nc1ccc(CN2CCN(C)CC2)cc1)c1nccc(-c2cccnc2)n1. The topological polar surface area (TPSA) is 77.5 Å². The van der Waals surface area contributed by atoms with Crippen molar-refractivity contribution in [3.63, 3.8) is 0 Å². The van der Waals surface area contributed by atoms with Crippen LogP contribution in [0.4, 0.5) is 22.1 Å². The fraction of sp³-hybridized carbons (Fsp3) is 0.241. The Bertz CT molecular complexity index is 1340. The number of para-hydroxylation sites is 1. The zero-order chi connectivity index (χ0) is 25.6. The van der Waals surface area contributed by atoms with Gasteiger partial charge in [0.2, 0.25) is 5.95 Å². The third-order valence-electron chi connectivity index (χ3n) is 6.57. The first-order valence-corrected chi connectivity index (χ1v) is 12.5. The van der Waals surface area contributed by atoms with Crippen LogP contribution in [0.1, 0.15) is 11.1 Å². The molecule has 8 nitrogen and oxygen atoms in total. The van der Waals surface area contributed by atoms with Gasteiger partial charge in [-0.15, -0.1) is 0 Å². The summed E-state index contributed by atoms with van der Waals surface area (Å²) in [5, 5.41) is 3.04. The zero-order valence-corrected chi connectivity index (χ0v) is 21.2. The lowest BCUT2D eigenvalue weighted by Gasteiger charge is -2.32. The van der Waals surface area contributed by atoms with Crippen molar-refractivity contribution in [3.8, 4) is 11.3 Å². The van der Waals surface area contributed by atoms with E-state index in [4.69, 9.17) is 4.98 Å². The van der Waals surface area contributed by atoms with Gasteiger partial charge in [-0.3, -0.25) is 9.88 Å². The van der Waals surface area contributed by atoms with E-state index >= 15 is 0 Å². The van der Waals surface area contributed by atoms with Gasteiger partial charge in [0, 0.05) is 62.6 Å². The zero-order valence-electron chi connectivity index (χ0n) is 21.2. The molecule has 0 aliphatic carbocycles. The van der Waals surface area contributed by atoms with Gasteiger partial charge in [-0.05, 0) is 61.5 Å². The van der Waals surface area contributed by atoms with Crippen LogP contribution in [0.3, 0.4) is 0 Å². The highest BCUT2D eigenvalue weighted by Gasteiger charge is 2.23. The van der Waals surface area contributed by atoms with Crippen molar-refractivity contribution in [2.75, 3.05) is 43.4 Å². The van der Waals surface area contributed by atoms with Gasteiger partial charge in [0.05, 0.1) is 11.4 Å². The average molecular weight is 494 g/mol. The molecule has 1 fully saturated rings. The lowest BCUT2D eigenvalue weighted by molar-refractivity contribution is 0.148. The number of rotatable bonds is 6. The molecule has 0 bridgehead atoms. The molecular formula is C29H31N7O. The van der Waals surface area contributed by atoms with Gasteiger partial charge in [0.1, 0.15) is 0 Å². The molecule has 37 heavy (non-hydrogen) atoms. The molecule has 5 rings (SSSR count). The van der Waals surface area contributed by atoms with Gasteiger partial charge in [-0.25, -0.2) is 19.7 Å². The molecule has 1 saturated heterocycles. The average Bonchev–Trinajstić information content (AvgIpc) is 2.93. The lowest BCUT2D eigenvalue weighted by Crippen LogP contribution is -2.43. The van der Waals surface area contributed by atoms with Gasteiger partial charge in [0.15, 0.2) is 0 Å². The summed E-state index contributed by atoms with van der Waals surface area (Å²) < 4.78 is 0. The van der Waals surface area contributed by atoms with E-state index in [-0.39, 0.29) is 6.03 Å². The fourth-order valence-corrected chi connectivity index (χ4v) is 4.39. The Morgan fingerprint density at radius 2 is 1.73 bits per heavy atom. The number of aromatic nitrogens is 3. The van der Waals surface area contributed by atoms with E-state index in [2.05, 4.69) is 44.3 Å². The summed E-state index contributed by atoms with van der Waals surface area (Å²) in [6.07, 6.45) is 5.12. The molecule has 1 N–H and O–H groups in total. The van der Waals surface area contributed by atoms with Crippen LogP contribution in [0.5, 0.6) is 0 Å². The van der Waals surface area contributed by atoms with Crippen molar-refractivity contribution in [1.82, 2.24) is 24.8 Å². The second-order valence-electron chi connectivity index (χ2n) is 9.31. The Balaban J connectivity index is 1.37. The second-order valence-corrected chi connectivity index (χ2v) is 9.31. The van der Waals surface area contributed by atoms with Crippen LogP contribution in [0.2, 0.25) is 0 Å². The number of carbonyl (C=O) groups excluding carboxylic acids is 1. The van der Waals surface area contributed by atoms with Crippen LogP contribution in [0.15, 0.2) is 85.3 Å². The van der Waals surface area contributed by atoms with Crippen LogP contribution in [0.25, 0.3) is 11.3 Å². The molecule has 0 saturated carbocycles. The monoisotopic (exact) mass is 493 g/mol. The first kappa shape index (κ1) is 24.5. The molecule has 0 spiro atoms. The molecule has 188 valence electrons. The molecule has 3 heterocycles. The maximum Gasteiger partial charge on any atom is 0.333 e. The van der Waals surface area contributed by atoms with Crippen LogP contribution in [-0.4, -0.2) is 64.0 Å². The summed E-state index contributed by atoms with van der Waals surface area (Å²) in [4.78, 5) is 33.3. The van der Waals surface area contributed by atoms with Crippen molar-refractivity contribution in [2.24, 2.45) is 0 Å². The van der Waals surface area contributed by atoms with E-state index in [0.29, 0.717) is 17.3 Å². The Labute approximate surface area is 217 Å². The Morgan fingerprint density at radius 1 is 0.946 bits per heavy atom. The quantitative estimate of drug-likeness (QED) is 0.409. The summed E-state index contributed by atoms with van der Waals surface area (Å²) >= 11 is 0. The van der Waals surface area contributed by atoms with Gasteiger partial charge >= 0.3 is 6.03 Å². The van der Waals surface area contributed by atoms with Crippen molar-refractivity contribution in [3.05, 3.63) is 96.4 Å². The maximum atomic E-state index is 13.7.